The van der Waals surface area contributed by atoms with Crippen molar-refractivity contribution in [3.8, 4) is 45.8 Å². The van der Waals surface area contributed by atoms with Gasteiger partial charge < -0.3 is 58.6 Å². The lowest BCUT2D eigenvalue weighted by atomic mass is 9.94. The Morgan fingerprint density at radius 2 is 0.962 bits per heavy atom. The van der Waals surface area contributed by atoms with E-state index in [9.17, 15) is 28.5 Å². The fourth-order valence-corrected chi connectivity index (χ4v) is 28.0. The molecule has 698 valence electrons. The molecule has 8 heterocycles. The smallest absolute Gasteiger partial charge is 0.306 e. The number of carbonyl (C=O) groups is 6. The summed E-state index contributed by atoms with van der Waals surface area (Å²) in [6.07, 6.45) is 17.6. The number of halogens is 4. The number of carbonyl (C=O) groups excluding carboxylic acids is 6. The molecule has 8 aromatic rings. The largest absolute Gasteiger partial charge is 0.495 e. The van der Waals surface area contributed by atoms with Crippen molar-refractivity contribution >= 4 is 128 Å². The minimum Gasteiger partial charge on any atom is -0.495 e. The van der Waals surface area contributed by atoms with Gasteiger partial charge in [-0.05, 0) is 197 Å². The van der Waals surface area contributed by atoms with Crippen molar-refractivity contribution in [2.24, 2.45) is 23.7 Å². The Bertz CT molecular complexity index is 5610. The van der Waals surface area contributed by atoms with E-state index in [0.29, 0.717) is 111 Å². The van der Waals surface area contributed by atoms with E-state index in [2.05, 4.69) is 10.6 Å². The third-order valence-corrected chi connectivity index (χ3v) is 35.6. The van der Waals surface area contributed by atoms with Crippen molar-refractivity contribution in [3.63, 3.8) is 0 Å². The van der Waals surface area contributed by atoms with Gasteiger partial charge in [0.1, 0.15) is 80.5 Å². The Kier molecular flexibility index (Phi) is 30.7. The van der Waals surface area contributed by atoms with Crippen molar-refractivity contribution in [3.05, 3.63) is 140 Å². The normalized spacial score (nSPS) is 25.5. The highest BCUT2D eigenvalue weighted by Crippen LogP contribution is 2.76. The minimum absolute atomic E-state index is 0.0210. The summed E-state index contributed by atoms with van der Waals surface area (Å²) in [5, 5.41) is 11.0. The molecular formula is C98H120Cl2F2N8O16P2S2. The van der Waals surface area contributed by atoms with Crippen LogP contribution >= 0.6 is 60.6 Å². The van der Waals surface area contributed by atoms with Crippen molar-refractivity contribution in [1.82, 2.24) is 29.7 Å². The quantitative estimate of drug-likeness (QED) is 0.0248. The second-order valence-electron chi connectivity index (χ2n) is 37.6. The van der Waals surface area contributed by atoms with Crippen LogP contribution in [-0.4, -0.2) is 161 Å². The second kappa shape index (κ2) is 41.6. The van der Waals surface area contributed by atoms with Crippen LogP contribution in [0.4, 0.5) is 19.0 Å². The van der Waals surface area contributed by atoms with Crippen LogP contribution in [0.5, 0.6) is 23.0 Å². The lowest BCUT2D eigenvalue weighted by Crippen LogP contribution is -2.45. The number of methoxy groups -OCH3 is 2. The predicted octanol–water partition coefficient (Wildman–Crippen LogP) is 21.9. The number of pyridine rings is 2. The van der Waals surface area contributed by atoms with E-state index in [-0.39, 0.29) is 145 Å². The van der Waals surface area contributed by atoms with Crippen molar-refractivity contribution in [1.29, 1.82) is 0 Å². The molecule has 12 atom stereocenters. The molecule has 0 spiro atoms. The summed E-state index contributed by atoms with van der Waals surface area (Å²) in [4.78, 5) is 134. The molecule has 4 aliphatic heterocycles. The average molecular weight is 1900 g/mol. The maximum absolute atomic E-state index is 15.2. The van der Waals surface area contributed by atoms with E-state index in [4.69, 9.17) is 71.6 Å². The molecule has 32 heteroatoms. The summed E-state index contributed by atoms with van der Waals surface area (Å²) in [6, 6.07) is 18.1. The standard InChI is InChI=1S/C49H61ClFN4O8PS.C49H59ClFN4O8PS/c2*1-29(2)52-48-54-39(28-65-48)38-23-43(35-19-20-42(61-4)45(50)46(35)53-38)62-34-22-40-41(56)25-49(64(59,60)27-36-30(3)13-12-18-37(36)51)24-32(49)15-9-7-5-6-8-14-31(47(58)55(40)26-34)21-44(57)63-33-16-10-11-17-33/h12-13,18-20,23,28-29,31-34,40H,5-11,14-17,21-22,24-27H2,1-4H3,(H,52,54)(H,59,60);9,12-13,15,18-20,23,28-29,31-34,40H,5-8,10-11,14,16-17,21-22,24-27H2,1-4H3,(H,52,54)(H,59,60)/b;15-9-/t2*31-,32-,34-,40+,49-/m11/s1. The maximum Gasteiger partial charge on any atom is 0.306 e. The number of benzene rings is 4. The van der Waals surface area contributed by atoms with Gasteiger partial charge in [0.05, 0.1) is 97.3 Å². The number of Topliss-reactive ketones (excluding diaryl/α,β-unsaturated/α-hetero) is 2. The number of esters is 2. The van der Waals surface area contributed by atoms with Crippen molar-refractivity contribution in [2.45, 2.75) is 293 Å². The molecule has 4 aromatic heterocycles. The molecule has 2 amide bonds. The van der Waals surface area contributed by atoms with Gasteiger partial charge >= 0.3 is 11.9 Å². The van der Waals surface area contributed by atoms with Crippen LogP contribution in [0.3, 0.4) is 0 Å². The second-order valence-corrected chi connectivity index (χ2v) is 45.3. The zero-order chi connectivity index (χ0) is 92.1. The first-order valence-electron chi connectivity index (χ1n) is 46.3. The maximum atomic E-state index is 15.2. The zero-order valence-corrected chi connectivity index (χ0v) is 80.2. The molecule has 24 nitrogen and oxygen atoms in total. The van der Waals surface area contributed by atoms with Crippen LogP contribution in [0, 0.1) is 49.2 Å². The number of ketones is 2. The lowest BCUT2D eigenvalue weighted by Gasteiger charge is -2.30. The number of ether oxygens (including phenoxy) is 6. The summed E-state index contributed by atoms with van der Waals surface area (Å²) in [5.41, 5.74) is 4.53. The van der Waals surface area contributed by atoms with E-state index < -0.39 is 90.9 Å². The van der Waals surface area contributed by atoms with Gasteiger partial charge in [-0.15, -0.1) is 22.7 Å². The monoisotopic (exact) mass is 1900 g/mol. The van der Waals surface area contributed by atoms with Crippen LogP contribution in [0.2, 0.25) is 10.0 Å². The number of hydrogen-bond acceptors (Lipinski definition) is 22. The SMILES string of the molecule is COc1ccc2c(O[C@@H]3C[C@H]4C(=O)C[C@]5(P(=O)(O)Cc6c(C)cccc6F)C[C@H]5/C=C\CCCCC[C@H](CC(=O)OC5CCCC5)C(=O)N4C3)cc(-c3csc(NC(C)C)n3)nc2c1Cl.COc1ccc2c(O[C@@H]3C[C@H]4C(=O)C[C@]5(P(=O)(O)Cc6c(C)cccc6F)C[C@H]5CCCCCCC[C@H](CC(=O)OC5CCCC5)C(=O)N4C3)cc(-c3csc(NC(C)C)n3)nc2c1Cl. The van der Waals surface area contributed by atoms with Gasteiger partial charge in [-0.25, -0.2) is 28.7 Å². The summed E-state index contributed by atoms with van der Waals surface area (Å²) < 4.78 is 96.5. The van der Waals surface area contributed by atoms with Gasteiger partial charge in [-0.3, -0.25) is 37.9 Å². The van der Waals surface area contributed by atoms with Gasteiger partial charge in [0.2, 0.25) is 26.6 Å². The van der Waals surface area contributed by atoms with Crippen LogP contribution in [-0.2, 0) is 59.7 Å². The number of thiazole rings is 2. The highest BCUT2D eigenvalue weighted by Gasteiger charge is 2.67. The topological polar surface area (TPSA) is 314 Å². The summed E-state index contributed by atoms with van der Waals surface area (Å²) in [7, 11) is -5.39. The van der Waals surface area contributed by atoms with E-state index in [1.165, 1.54) is 53.9 Å². The molecule has 7 fully saturated rings. The first-order valence-corrected chi connectivity index (χ1v) is 52.5. The number of anilines is 2. The highest BCUT2D eigenvalue weighted by molar-refractivity contribution is 7.59. The molecule has 2 unspecified atom stereocenters. The van der Waals surface area contributed by atoms with Gasteiger partial charge in [-0.1, -0.05) is 105 Å². The Hall–Kier alpha value is -8.46. The van der Waals surface area contributed by atoms with E-state index in [1.807, 2.05) is 56.7 Å². The number of amides is 2. The number of aromatic nitrogens is 4. The predicted molar refractivity (Wildman–Crippen MR) is 503 cm³/mol. The minimum atomic E-state index is -4.25. The number of nitrogens with one attached hydrogen (secondary N) is 2. The van der Waals surface area contributed by atoms with Gasteiger partial charge in [-0.2, -0.15) is 0 Å². The molecule has 3 saturated heterocycles. The molecule has 4 aliphatic carbocycles. The first-order chi connectivity index (χ1) is 62.3. The molecule has 4 aromatic carbocycles. The molecule has 8 aliphatic rings. The number of rotatable bonds is 24. The van der Waals surface area contributed by atoms with Crippen LogP contribution in [0.1, 0.15) is 230 Å². The Balaban J connectivity index is 0.000000199. The Morgan fingerprint density at radius 1 is 0.538 bits per heavy atom. The fourth-order valence-electron chi connectivity index (χ4n) is 20.3. The van der Waals surface area contributed by atoms with Crippen molar-refractivity contribution in [2.75, 3.05) is 37.9 Å². The average Bonchev–Trinajstić information content (AvgIpc) is 1.55. The van der Waals surface area contributed by atoms with Gasteiger partial charge in [0.15, 0.2) is 21.8 Å². The van der Waals surface area contributed by atoms with E-state index in [0.717, 1.165) is 113 Å². The number of fused-ring (bicyclic) bond motifs is 6. The summed E-state index contributed by atoms with van der Waals surface area (Å²) in [6.45, 7) is 11.6. The molecular weight excluding hydrogens is 1780 g/mol. The third-order valence-electron chi connectivity index (χ3n) is 27.6. The number of aryl methyl sites for hydroxylation is 2. The van der Waals surface area contributed by atoms with E-state index in [1.54, 1.807) is 73.3 Å². The van der Waals surface area contributed by atoms with Crippen LogP contribution < -0.4 is 29.6 Å². The highest BCUT2D eigenvalue weighted by atomic mass is 35.5. The number of hydrogen-bond donors (Lipinski definition) is 4. The lowest BCUT2D eigenvalue weighted by molar-refractivity contribution is -0.154. The molecule has 4 saturated carbocycles. The third kappa shape index (κ3) is 21.8. The summed E-state index contributed by atoms with van der Waals surface area (Å²) >= 11 is 16.7. The van der Waals surface area contributed by atoms with E-state index >= 15 is 28.0 Å². The molecule has 4 N–H and O–H groups in total. The van der Waals surface area contributed by atoms with Crippen molar-refractivity contribution < 1.29 is 84.9 Å². The van der Waals surface area contributed by atoms with Gasteiger partial charge in [0, 0.05) is 94.4 Å². The Morgan fingerprint density at radius 3 is 1.41 bits per heavy atom. The molecule has 0 bridgehead atoms. The molecule has 130 heavy (non-hydrogen) atoms. The molecule has 0 radical (unpaired) electrons. The van der Waals surface area contributed by atoms with Gasteiger partial charge in [0.25, 0.3) is 0 Å². The van der Waals surface area contributed by atoms with Crippen LogP contribution in [0.25, 0.3) is 44.6 Å². The fraction of sp³-hybridized carbons (Fsp3) is 0.551. The number of nitrogens with zero attached hydrogens (tertiary/aromatic N) is 6. The van der Waals surface area contributed by atoms with Crippen LogP contribution in [0.15, 0.2) is 95.7 Å². The first kappa shape index (κ1) is 96.1. The molecule has 16 rings (SSSR count). The summed E-state index contributed by atoms with van der Waals surface area (Å²) in [5.74, 6) is -3.69. The Labute approximate surface area is 777 Å². The number of allylic oxidation sites excluding steroid dienone is 2. The zero-order valence-electron chi connectivity index (χ0n) is 75.3.